The third-order valence-corrected chi connectivity index (χ3v) is 3.69. The van der Waals surface area contributed by atoms with Crippen LogP contribution in [0.25, 0.3) is 0 Å². The van der Waals surface area contributed by atoms with Gasteiger partial charge in [-0.15, -0.1) is 0 Å². The van der Waals surface area contributed by atoms with Crippen LogP contribution in [0.4, 0.5) is 5.69 Å². The highest BCUT2D eigenvalue weighted by Crippen LogP contribution is 2.23. The number of nitrogens with one attached hydrogen (secondary N) is 2. The first-order valence-corrected chi connectivity index (χ1v) is 8.39. The monoisotopic (exact) mass is 369 g/mol. The molecule has 0 aromatic heterocycles. The van der Waals surface area contributed by atoms with Crippen LogP contribution in [0.2, 0.25) is 0 Å². The number of para-hydroxylation sites is 2. The van der Waals surface area contributed by atoms with Crippen molar-refractivity contribution in [3.8, 4) is 11.5 Å². The van der Waals surface area contributed by atoms with Gasteiger partial charge in [-0.3, -0.25) is 9.59 Å². The Morgan fingerprint density at radius 3 is 2.33 bits per heavy atom. The average molecular weight is 369 g/mol. The van der Waals surface area contributed by atoms with Gasteiger partial charge in [0.1, 0.15) is 11.5 Å². The van der Waals surface area contributed by atoms with Crippen LogP contribution in [0.3, 0.4) is 0 Å². The molecule has 0 aliphatic carbocycles. The van der Waals surface area contributed by atoms with Crippen molar-refractivity contribution >= 4 is 23.2 Å². The Morgan fingerprint density at radius 1 is 0.963 bits per heavy atom. The fourth-order valence-electron chi connectivity index (χ4n) is 2.34. The smallest absolute Gasteiger partial charge is 0.244 e. The lowest BCUT2D eigenvalue weighted by Gasteiger charge is -2.09. The minimum Gasteiger partial charge on any atom is -0.497 e. The number of carbonyl (C=O) groups is 2. The van der Waals surface area contributed by atoms with Crippen LogP contribution < -0.4 is 20.2 Å². The molecule has 2 rings (SSSR count). The van der Waals surface area contributed by atoms with E-state index in [-0.39, 0.29) is 24.7 Å². The summed E-state index contributed by atoms with van der Waals surface area (Å²) in [6.45, 7) is 1.68. The van der Waals surface area contributed by atoms with Crippen LogP contribution in [0.5, 0.6) is 11.5 Å². The van der Waals surface area contributed by atoms with Gasteiger partial charge in [-0.2, -0.15) is 5.10 Å². The first-order chi connectivity index (χ1) is 13.0. The van der Waals surface area contributed by atoms with Gasteiger partial charge in [0, 0.05) is 5.71 Å². The number of ether oxygens (including phenoxy) is 2. The molecule has 0 fully saturated rings. The molecule has 0 saturated carbocycles. The largest absolute Gasteiger partial charge is 0.497 e. The van der Waals surface area contributed by atoms with Gasteiger partial charge in [-0.25, -0.2) is 5.43 Å². The molecule has 0 aliphatic heterocycles. The normalized spacial score (nSPS) is 10.9. The molecule has 0 atom stereocenters. The first kappa shape index (κ1) is 20.0. The van der Waals surface area contributed by atoms with Crippen LogP contribution in [-0.2, 0) is 16.0 Å². The number of hydrogen-bond donors (Lipinski definition) is 2. The lowest BCUT2D eigenvalue weighted by Crippen LogP contribution is -2.23. The van der Waals surface area contributed by atoms with E-state index in [0.717, 1.165) is 11.3 Å². The number of rotatable bonds is 8. The van der Waals surface area contributed by atoms with E-state index < -0.39 is 0 Å². The van der Waals surface area contributed by atoms with Crippen molar-refractivity contribution in [1.82, 2.24) is 5.43 Å². The third-order valence-electron chi connectivity index (χ3n) is 3.69. The molecule has 2 amide bonds. The third kappa shape index (κ3) is 6.47. The van der Waals surface area contributed by atoms with Gasteiger partial charge < -0.3 is 14.8 Å². The predicted octanol–water partition coefficient (Wildman–Crippen LogP) is 2.77. The number of amides is 2. The minimum atomic E-state index is -0.260. The summed E-state index contributed by atoms with van der Waals surface area (Å²) >= 11 is 0. The van der Waals surface area contributed by atoms with E-state index in [2.05, 4.69) is 15.8 Å². The molecule has 0 heterocycles. The second-order valence-corrected chi connectivity index (χ2v) is 5.83. The lowest BCUT2D eigenvalue weighted by molar-refractivity contribution is -0.120. The summed E-state index contributed by atoms with van der Waals surface area (Å²) in [6, 6.07) is 14.3. The summed E-state index contributed by atoms with van der Waals surface area (Å²) < 4.78 is 10.3. The first-order valence-electron chi connectivity index (χ1n) is 8.39. The fraction of sp³-hybridized carbons (Fsp3) is 0.250. The number of anilines is 1. The van der Waals surface area contributed by atoms with Gasteiger partial charge in [-0.1, -0.05) is 24.3 Å². The molecule has 0 spiro atoms. The van der Waals surface area contributed by atoms with Gasteiger partial charge in [-0.05, 0) is 36.8 Å². The Hall–Kier alpha value is -3.35. The van der Waals surface area contributed by atoms with Crippen molar-refractivity contribution in [3.63, 3.8) is 0 Å². The number of nitrogens with zero attached hydrogens (tertiary/aromatic N) is 1. The molecule has 0 aliphatic rings. The lowest BCUT2D eigenvalue weighted by atomic mass is 10.1. The summed E-state index contributed by atoms with van der Waals surface area (Å²) in [6.07, 6.45) is 0.245. The Morgan fingerprint density at radius 2 is 1.67 bits per heavy atom. The Balaban J connectivity index is 1.83. The predicted molar refractivity (Wildman–Crippen MR) is 104 cm³/mol. The van der Waals surface area contributed by atoms with E-state index in [1.54, 1.807) is 44.4 Å². The Bertz CT molecular complexity index is 816. The summed E-state index contributed by atoms with van der Waals surface area (Å²) in [4.78, 5) is 24.1. The molecule has 2 aromatic carbocycles. The van der Waals surface area contributed by atoms with Crippen molar-refractivity contribution < 1.29 is 19.1 Å². The van der Waals surface area contributed by atoms with Crippen molar-refractivity contribution in [2.45, 2.75) is 19.8 Å². The fourth-order valence-corrected chi connectivity index (χ4v) is 2.34. The maximum atomic E-state index is 12.1. The number of benzene rings is 2. The number of methoxy groups -OCH3 is 2. The van der Waals surface area contributed by atoms with Crippen LogP contribution in [-0.4, -0.2) is 31.7 Å². The highest BCUT2D eigenvalue weighted by Gasteiger charge is 2.09. The van der Waals surface area contributed by atoms with Gasteiger partial charge in [0.15, 0.2) is 0 Å². The van der Waals surface area contributed by atoms with Crippen molar-refractivity contribution in [1.29, 1.82) is 0 Å². The second-order valence-electron chi connectivity index (χ2n) is 5.83. The number of hydrogen-bond acceptors (Lipinski definition) is 5. The Kier molecular flexibility index (Phi) is 7.37. The van der Waals surface area contributed by atoms with E-state index >= 15 is 0 Å². The van der Waals surface area contributed by atoms with Crippen molar-refractivity contribution in [2.75, 3.05) is 19.5 Å². The van der Waals surface area contributed by atoms with Crippen molar-refractivity contribution in [3.05, 3.63) is 54.1 Å². The van der Waals surface area contributed by atoms with Gasteiger partial charge in [0.2, 0.25) is 11.8 Å². The van der Waals surface area contributed by atoms with Gasteiger partial charge in [0.25, 0.3) is 0 Å². The highest BCUT2D eigenvalue weighted by atomic mass is 16.5. The zero-order chi connectivity index (χ0) is 19.6. The Labute approximate surface area is 158 Å². The van der Waals surface area contributed by atoms with Gasteiger partial charge in [0.05, 0.1) is 32.7 Å². The van der Waals surface area contributed by atoms with Crippen molar-refractivity contribution in [2.24, 2.45) is 5.10 Å². The van der Waals surface area contributed by atoms with E-state index in [0.29, 0.717) is 17.1 Å². The van der Waals surface area contributed by atoms with E-state index in [1.807, 2.05) is 18.2 Å². The van der Waals surface area contributed by atoms with Crippen LogP contribution in [0, 0.1) is 0 Å². The average Bonchev–Trinajstić information content (AvgIpc) is 2.67. The zero-order valence-corrected chi connectivity index (χ0v) is 15.6. The molecule has 0 saturated heterocycles. The van der Waals surface area contributed by atoms with Gasteiger partial charge >= 0.3 is 0 Å². The van der Waals surface area contributed by atoms with Crippen LogP contribution >= 0.6 is 0 Å². The van der Waals surface area contributed by atoms with E-state index in [4.69, 9.17) is 9.47 Å². The number of carbonyl (C=O) groups excluding carboxylic acids is 2. The minimum absolute atomic E-state index is 0.0564. The summed E-state index contributed by atoms with van der Waals surface area (Å²) in [7, 11) is 3.12. The zero-order valence-electron chi connectivity index (χ0n) is 15.6. The molecule has 2 aromatic rings. The molecule has 7 nitrogen and oxygen atoms in total. The quantitative estimate of drug-likeness (QED) is 0.553. The van der Waals surface area contributed by atoms with E-state index in [9.17, 15) is 9.59 Å². The standard InChI is InChI=1S/C20H23N3O4/c1-14(12-19(24)21-17-6-4-5-7-18(17)27-3)22-23-20(25)13-15-8-10-16(26-2)11-9-15/h4-11H,12-13H2,1-3H3,(H,21,24)(H,23,25)/b22-14+. The topological polar surface area (TPSA) is 89.0 Å². The van der Waals surface area contributed by atoms with E-state index in [1.165, 1.54) is 7.11 Å². The molecule has 0 unspecified atom stereocenters. The maximum Gasteiger partial charge on any atom is 0.244 e. The molecule has 0 bridgehead atoms. The molecular formula is C20H23N3O4. The van der Waals surface area contributed by atoms with Crippen LogP contribution in [0.1, 0.15) is 18.9 Å². The second kappa shape index (κ2) is 9.96. The molecular weight excluding hydrogens is 346 g/mol. The maximum absolute atomic E-state index is 12.1. The summed E-state index contributed by atoms with van der Waals surface area (Å²) in [5, 5.41) is 6.74. The summed E-state index contributed by atoms with van der Waals surface area (Å²) in [5.41, 5.74) is 4.38. The molecule has 142 valence electrons. The molecule has 27 heavy (non-hydrogen) atoms. The highest BCUT2D eigenvalue weighted by molar-refractivity contribution is 6.06. The number of hydrazone groups is 1. The summed E-state index contributed by atoms with van der Waals surface area (Å²) in [5.74, 6) is 0.803. The van der Waals surface area contributed by atoms with Crippen LogP contribution in [0.15, 0.2) is 53.6 Å². The SMILES string of the molecule is COc1ccc(CC(=O)N/N=C(\C)CC(=O)Nc2ccccc2OC)cc1. The molecule has 2 N–H and O–H groups in total. The molecule has 0 radical (unpaired) electrons. The molecule has 7 heteroatoms.